The molecule has 94 valence electrons. The number of anilines is 2. The lowest BCUT2D eigenvalue weighted by atomic mass is 10.4. The predicted molar refractivity (Wildman–Crippen MR) is 67.1 cm³/mol. The van der Waals surface area contributed by atoms with E-state index in [1.165, 1.54) is 7.11 Å². The normalized spacial score (nSPS) is 10.1. The molecule has 0 bridgehead atoms. The summed E-state index contributed by atoms with van der Waals surface area (Å²) in [5.74, 6) is 1.16. The van der Waals surface area contributed by atoms with E-state index in [1.54, 1.807) is 18.5 Å². The first kappa shape index (κ1) is 12.0. The summed E-state index contributed by atoms with van der Waals surface area (Å²) in [4.78, 5) is 16.3. The molecule has 0 aliphatic carbocycles. The van der Waals surface area contributed by atoms with Gasteiger partial charge in [0.25, 0.3) is 0 Å². The molecule has 7 heteroatoms. The van der Waals surface area contributed by atoms with Crippen LogP contribution in [0.15, 0.2) is 18.5 Å². The fraction of sp³-hybridized carbons (Fsp3) is 0.273. The fourth-order valence-electron chi connectivity index (χ4n) is 1.33. The molecule has 0 aromatic carbocycles. The second-order valence-electron chi connectivity index (χ2n) is 3.66. The summed E-state index contributed by atoms with van der Waals surface area (Å²) in [6.45, 7) is 2.40. The lowest BCUT2D eigenvalue weighted by Gasteiger charge is -2.07. The van der Waals surface area contributed by atoms with Gasteiger partial charge in [-0.15, -0.1) is 0 Å². The second-order valence-corrected chi connectivity index (χ2v) is 3.66. The molecule has 0 atom stereocenters. The van der Waals surface area contributed by atoms with Crippen LogP contribution in [0, 0.1) is 6.92 Å². The highest BCUT2D eigenvalue weighted by atomic mass is 16.5. The summed E-state index contributed by atoms with van der Waals surface area (Å²) in [5, 5.41) is 3.08. The quantitative estimate of drug-likeness (QED) is 0.822. The van der Waals surface area contributed by atoms with Crippen molar-refractivity contribution in [2.75, 3.05) is 18.2 Å². The summed E-state index contributed by atoms with van der Waals surface area (Å²) in [7, 11) is 1.52. The highest BCUT2D eigenvalue weighted by Gasteiger charge is 2.02. The molecular weight excluding hydrogens is 232 g/mol. The lowest BCUT2D eigenvalue weighted by Crippen LogP contribution is -2.06. The van der Waals surface area contributed by atoms with Gasteiger partial charge in [-0.3, -0.25) is 9.97 Å². The van der Waals surface area contributed by atoms with E-state index in [9.17, 15) is 0 Å². The molecule has 3 N–H and O–H groups in total. The molecule has 7 nitrogen and oxygen atoms in total. The third-order valence-electron chi connectivity index (χ3n) is 2.21. The summed E-state index contributed by atoms with van der Waals surface area (Å²) < 4.78 is 5.00. The lowest BCUT2D eigenvalue weighted by molar-refractivity contribution is 0.398. The number of nitrogen functional groups attached to an aromatic ring is 1. The maximum atomic E-state index is 5.55. The van der Waals surface area contributed by atoms with Gasteiger partial charge in [0.15, 0.2) is 0 Å². The van der Waals surface area contributed by atoms with Crippen molar-refractivity contribution in [3.63, 3.8) is 0 Å². The highest BCUT2D eigenvalue weighted by molar-refractivity contribution is 5.42. The Morgan fingerprint density at radius 2 is 2.11 bits per heavy atom. The summed E-state index contributed by atoms with van der Waals surface area (Å²) in [6, 6.07) is 1.66. The molecule has 0 saturated heterocycles. The van der Waals surface area contributed by atoms with Gasteiger partial charge in [-0.1, -0.05) is 0 Å². The molecule has 0 unspecified atom stereocenters. The molecular formula is C11H14N6O. The van der Waals surface area contributed by atoms with Gasteiger partial charge in [-0.2, -0.15) is 9.97 Å². The summed E-state index contributed by atoms with van der Waals surface area (Å²) in [6.07, 6.45) is 3.43. The maximum Gasteiger partial charge on any atom is 0.225 e. The van der Waals surface area contributed by atoms with Crippen LogP contribution in [0.4, 0.5) is 11.8 Å². The first-order valence-electron chi connectivity index (χ1n) is 5.37. The first-order chi connectivity index (χ1) is 8.67. The van der Waals surface area contributed by atoms with Crippen LogP contribution in [0.25, 0.3) is 0 Å². The van der Waals surface area contributed by atoms with Crippen LogP contribution < -0.4 is 15.8 Å². The Kier molecular flexibility index (Phi) is 3.52. The third-order valence-corrected chi connectivity index (χ3v) is 2.21. The Balaban J connectivity index is 2.05. The molecule has 2 rings (SSSR count). The molecule has 0 amide bonds. The number of hydrogen-bond acceptors (Lipinski definition) is 7. The van der Waals surface area contributed by atoms with Gasteiger partial charge in [0.2, 0.25) is 11.8 Å². The van der Waals surface area contributed by atoms with Crippen LogP contribution >= 0.6 is 0 Å². The Morgan fingerprint density at radius 3 is 2.78 bits per heavy atom. The van der Waals surface area contributed by atoms with Crippen LogP contribution in [0.2, 0.25) is 0 Å². The Morgan fingerprint density at radius 1 is 1.28 bits per heavy atom. The van der Waals surface area contributed by atoms with Crippen molar-refractivity contribution < 1.29 is 4.74 Å². The monoisotopic (exact) mass is 246 g/mol. The van der Waals surface area contributed by atoms with Gasteiger partial charge in [-0.05, 0) is 6.92 Å². The molecule has 2 heterocycles. The van der Waals surface area contributed by atoms with Crippen LogP contribution in [0.1, 0.15) is 11.4 Å². The number of aryl methyl sites for hydroxylation is 1. The largest absolute Gasteiger partial charge is 0.481 e. The van der Waals surface area contributed by atoms with Gasteiger partial charge >= 0.3 is 0 Å². The maximum absolute atomic E-state index is 5.55. The number of ether oxygens (including phenoxy) is 1. The van der Waals surface area contributed by atoms with E-state index in [4.69, 9.17) is 10.5 Å². The number of nitrogens with zero attached hydrogens (tertiary/aromatic N) is 4. The van der Waals surface area contributed by atoms with Crippen molar-refractivity contribution in [1.29, 1.82) is 0 Å². The average Bonchev–Trinajstić information content (AvgIpc) is 2.37. The predicted octanol–water partition coefficient (Wildman–Crippen LogP) is 0.778. The van der Waals surface area contributed by atoms with E-state index < -0.39 is 0 Å². The van der Waals surface area contributed by atoms with Crippen molar-refractivity contribution >= 4 is 11.8 Å². The van der Waals surface area contributed by atoms with E-state index >= 15 is 0 Å². The molecule has 0 aliphatic heterocycles. The molecule has 0 aliphatic rings. The van der Waals surface area contributed by atoms with Crippen molar-refractivity contribution in [1.82, 2.24) is 19.9 Å². The van der Waals surface area contributed by atoms with Crippen molar-refractivity contribution in [3.05, 3.63) is 29.8 Å². The Labute approximate surface area is 104 Å². The minimum atomic E-state index is 0.159. The van der Waals surface area contributed by atoms with Gasteiger partial charge in [-0.25, -0.2) is 0 Å². The molecule has 0 radical (unpaired) electrons. The molecule has 2 aromatic rings. The van der Waals surface area contributed by atoms with Crippen LogP contribution in [-0.2, 0) is 6.54 Å². The van der Waals surface area contributed by atoms with E-state index in [0.29, 0.717) is 18.2 Å². The van der Waals surface area contributed by atoms with Gasteiger partial charge in [0.1, 0.15) is 5.82 Å². The van der Waals surface area contributed by atoms with Gasteiger partial charge in [0, 0.05) is 12.3 Å². The number of nitrogens with two attached hydrogens (primary N) is 1. The number of hydrogen-bond donors (Lipinski definition) is 2. The summed E-state index contributed by atoms with van der Waals surface area (Å²) >= 11 is 0. The fourth-order valence-corrected chi connectivity index (χ4v) is 1.33. The summed E-state index contributed by atoms with van der Waals surface area (Å²) in [5.41, 5.74) is 7.25. The molecule has 2 aromatic heterocycles. The SMILES string of the molecule is COc1cc(NCc2cnc(C)cn2)nc(N)n1. The van der Waals surface area contributed by atoms with Gasteiger partial charge in [0.05, 0.1) is 31.2 Å². The Hall–Kier alpha value is -2.44. The zero-order valence-corrected chi connectivity index (χ0v) is 10.2. The minimum absolute atomic E-state index is 0.159. The van der Waals surface area contributed by atoms with E-state index in [1.807, 2.05) is 6.92 Å². The smallest absolute Gasteiger partial charge is 0.225 e. The average molecular weight is 246 g/mol. The van der Waals surface area contributed by atoms with E-state index in [-0.39, 0.29) is 5.95 Å². The zero-order valence-electron chi connectivity index (χ0n) is 10.2. The molecule has 0 fully saturated rings. The standard InChI is InChI=1S/C11H14N6O/c1-7-4-14-8(5-13-7)6-15-9-3-10(18-2)17-11(12)16-9/h3-5H,6H2,1-2H3,(H3,12,15,16,17). The van der Waals surface area contributed by atoms with Crippen LogP contribution in [-0.4, -0.2) is 27.0 Å². The van der Waals surface area contributed by atoms with Crippen molar-refractivity contribution in [2.24, 2.45) is 0 Å². The van der Waals surface area contributed by atoms with E-state index in [0.717, 1.165) is 11.4 Å². The molecule has 0 spiro atoms. The van der Waals surface area contributed by atoms with E-state index in [2.05, 4.69) is 25.3 Å². The van der Waals surface area contributed by atoms with Crippen LogP contribution in [0.3, 0.4) is 0 Å². The van der Waals surface area contributed by atoms with Gasteiger partial charge < -0.3 is 15.8 Å². The minimum Gasteiger partial charge on any atom is -0.481 e. The number of methoxy groups -OCH3 is 1. The third kappa shape index (κ3) is 3.03. The second kappa shape index (κ2) is 5.26. The number of nitrogens with one attached hydrogen (secondary N) is 1. The molecule has 0 saturated carbocycles. The number of rotatable bonds is 4. The first-order valence-corrected chi connectivity index (χ1v) is 5.37. The number of aromatic nitrogens is 4. The van der Waals surface area contributed by atoms with Crippen LogP contribution in [0.5, 0.6) is 5.88 Å². The Bertz CT molecular complexity index is 528. The van der Waals surface area contributed by atoms with Crippen molar-refractivity contribution in [2.45, 2.75) is 13.5 Å². The topological polar surface area (TPSA) is 98.8 Å². The highest BCUT2D eigenvalue weighted by Crippen LogP contribution is 2.14. The molecule has 18 heavy (non-hydrogen) atoms. The van der Waals surface area contributed by atoms with Crippen molar-refractivity contribution in [3.8, 4) is 5.88 Å². The zero-order chi connectivity index (χ0) is 13.0.